The number of nitrogens with two attached hydrogens (primary N) is 1. The van der Waals surface area contributed by atoms with Crippen molar-refractivity contribution in [2.75, 3.05) is 5.01 Å². The van der Waals surface area contributed by atoms with Crippen molar-refractivity contribution in [3.63, 3.8) is 0 Å². The van der Waals surface area contributed by atoms with Crippen molar-refractivity contribution >= 4 is 51.7 Å². The second-order valence-electron chi connectivity index (χ2n) is 7.53. The van der Waals surface area contributed by atoms with E-state index >= 15 is 0 Å². The lowest BCUT2D eigenvalue weighted by atomic mass is 9.99. The first kappa shape index (κ1) is 22.1. The number of hydrogen-bond donors (Lipinski definition) is 4. The molecule has 1 aliphatic rings. The second kappa shape index (κ2) is 8.44. The van der Waals surface area contributed by atoms with Crippen molar-refractivity contribution in [1.29, 1.82) is 0 Å². The summed E-state index contributed by atoms with van der Waals surface area (Å²) in [6, 6.07) is 8.98. The molecule has 0 saturated carbocycles. The molecule has 11 heteroatoms. The number of fused-ring (bicyclic) bond motifs is 1. The number of urea groups is 1. The van der Waals surface area contributed by atoms with E-state index in [-0.39, 0.29) is 33.0 Å². The first-order chi connectivity index (χ1) is 15.1. The molecular weight excluding hydrogens is 457 g/mol. The molecule has 3 aromatic rings. The number of halogens is 2. The molecule has 1 aromatic heterocycles. The lowest BCUT2D eigenvalue weighted by Crippen LogP contribution is -2.67. The number of ether oxygens (including phenoxy) is 1. The Labute approximate surface area is 192 Å². The fourth-order valence-electron chi connectivity index (χ4n) is 3.38. The second-order valence-corrected chi connectivity index (χ2v) is 8.34. The van der Waals surface area contributed by atoms with E-state index in [2.05, 4.69) is 15.7 Å². The average molecular weight is 476 g/mol. The molecule has 4 rings (SSSR count). The van der Waals surface area contributed by atoms with E-state index in [1.165, 1.54) is 12.1 Å². The van der Waals surface area contributed by atoms with E-state index in [1.54, 1.807) is 24.3 Å². The number of imide groups is 1. The quantitative estimate of drug-likeness (QED) is 0.456. The number of benzene rings is 2. The number of pyridine rings is 1. The summed E-state index contributed by atoms with van der Waals surface area (Å²) in [6.07, 6.45) is -1.11. The van der Waals surface area contributed by atoms with Crippen LogP contribution >= 0.6 is 23.2 Å². The molecule has 0 aliphatic carbocycles. The molecule has 2 heterocycles. The minimum Gasteiger partial charge on any atom is -0.454 e. The largest absolute Gasteiger partial charge is 0.454 e. The van der Waals surface area contributed by atoms with Crippen LogP contribution in [0, 0.1) is 0 Å². The van der Waals surface area contributed by atoms with Crippen molar-refractivity contribution in [2.45, 2.75) is 25.9 Å². The summed E-state index contributed by atoms with van der Waals surface area (Å²) >= 11 is 12.8. The number of aromatic amines is 1. The molecule has 1 unspecified atom stereocenters. The monoisotopic (exact) mass is 475 g/mol. The summed E-state index contributed by atoms with van der Waals surface area (Å²) in [6.45, 7) is 4.00. The van der Waals surface area contributed by atoms with Crippen LogP contribution < -0.4 is 31.8 Å². The Balaban J connectivity index is 1.68. The Kier molecular flexibility index (Phi) is 5.83. The Morgan fingerprint density at radius 2 is 1.75 bits per heavy atom. The Hall–Kier alpha value is -3.11. The van der Waals surface area contributed by atoms with Crippen LogP contribution in [-0.4, -0.2) is 23.1 Å². The zero-order valence-corrected chi connectivity index (χ0v) is 18.5. The third kappa shape index (κ3) is 4.15. The molecule has 0 spiro atoms. The smallest absolute Gasteiger partial charge is 0.343 e. The third-order valence-electron chi connectivity index (χ3n) is 4.91. The molecule has 1 atom stereocenters. The highest BCUT2D eigenvalue weighted by Crippen LogP contribution is 2.40. The van der Waals surface area contributed by atoms with E-state index in [4.69, 9.17) is 33.7 Å². The Morgan fingerprint density at radius 3 is 2.41 bits per heavy atom. The Bertz CT molecular complexity index is 1280. The van der Waals surface area contributed by atoms with Gasteiger partial charge in [-0.3, -0.25) is 14.9 Å². The summed E-state index contributed by atoms with van der Waals surface area (Å²) < 4.78 is 5.95. The molecule has 32 heavy (non-hydrogen) atoms. The van der Waals surface area contributed by atoms with Gasteiger partial charge in [0.15, 0.2) is 11.9 Å². The van der Waals surface area contributed by atoms with Crippen molar-refractivity contribution in [2.24, 2.45) is 5.73 Å². The fourth-order valence-corrected chi connectivity index (χ4v) is 3.93. The van der Waals surface area contributed by atoms with Gasteiger partial charge in [0.2, 0.25) is 5.56 Å². The van der Waals surface area contributed by atoms with Gasteiger partial charge in [-0.25, -0.2) is 9.80 Å². The minimum atomic E-state index is -1.11. The van der Waals surface area contributed by atoms with Crippen LogP contribution in [-0.2, 0) is 4.79 Å². The number of carbonyl (C=O) groups excluding carboxylic acids is 2. The molecule has 5 N–H and O–H groups in total. The van der Waals surface area contributed by atoms with Gasteiger partial charge in [0, 0.05) is 17.0 Å². The van der Waals surface area contributed by atoms with Gasteiger partial charge in [0.25, 0.3) is 5.91 Å². The van der Waals surface area contributed by atoms with E-state index in [1.807, 2.05) is 13.8 Å². The van der Waals surface area contributed by atoms with Gasteiger partial charge in [-0.2, -0.15) is 5.43 Å². The molecule has 1 saturated heterocycles. The van der Waals surface area contributed by atoms with Crippen LogP contribution in [0.15, 0.2) is 41.2 Å². The van der Waals surface area contributed by atoms with Gasteiger partial charge in [0.05, 0.1) is 15.7 Å². The third-order valence-corrected chi connectivity index (χ3v) is 5.48. The number of carbonyl (C=O) groups is 2. The van der Waals surface area contributed by atoms with Crippen molar-refractivity contribution in [3.8, 4) is 11.5 Å². The highest BCUT2D eigenvalue weighted by Gasteiger charge is 2.31. The minimum absolute atomic E-state index is 0.128. The zero-order valence-electron chi connectivity index (χ0n) is 17.0. The normalized spacial score (nSPS) is 16.6. The van der Waals surface area contributed by atoms with Crippen LogP contribution in [0.1, 0.15) is 25.3 Å². The predicted molar refractivity (Wildman–Crippen MR) is 122 cm³/mol. The number of amides is 3. The number of nitrogens with zero attached hydrogens (tertiary/aromatic N) is 1. The topological polar surface area (TPSA) is 130 Å². The summed E-state index contributed by atoms with van der Waals surface area (Å²) in [5.74, 6) is 0.124. The van der Waals surface area contributed by atoms with Crippen LogP contribution in [0.5, 0.6) is 11.5 Å². The molecule has 0 radical (unpaired) electrons. The number of aromatic nitrogens is 1. The number of rotatable bonds is 4. The highest BCUT2D eigenvalue weighted by atomic mass is 35.5. The number of nitrogens with one attached hydrogen (secondary N) is 3. The standard InChI is InChI=1S/C21H19Cl2N5O4/c1-9(2)12-8-17(29)25-16-4-3-11(7-13(12)16)32-18-14(22)5-10(6-15(18)23)28-21(31)26-20(30)19(24)27-28/h3-9,19,27H,24H2,1-2H3,(H,25,29)(H,26,30,31). The van der Waals surface area contributed by atoms with E-state index < -0.39 is 18.1 Å². The fraction of sp³-hybridized carbons (Fsp3) is 0.190. The molecule has 166 valence electrons. The lowest BCUT2D eigenvalue weighted by Gasteiger charge is -2.31. The maximum atomic E-state index is 12.1. The summed E-state index contributed by atoms with van der Waals surface area (Å²) in [4.78, 5) is 38.3. The zero-order chi connectivity index (χ0) is 23.2. The van der Waals surface area contributed by atoms with Gasteiger partial charge < -0.3 is 15.5 Å². The van der Waals surface area contributed by atoms with E-state index in [0.717, 1.165) is 16.0 Å². The molecule has 9 nitrogen and oxygen atoms in total. The van der Waals surface area contributed by atoms with Gasteiger partial charge in [-0.15, -0.1) is 0 Å². The van der Waals surface area contributed by atoms with E-state index in [0.29, 0.717) is 11.3 Å². The first-order valence-electron chi connectivity index (χ1n) is 9.64. The molecular formula is C21H19Cl2N5O4. The van der Waals surface area contributed by atoms with Crippen molar-refractivity contribution in [3.05, 3.63) is 62.4 Å². The molecule has 2 aromatic carbocycles. The average Bonchev–Trinajstić information content (AvgIpc) is 2.72. The highest BCUT2D eigenvalue weighted by molar-refractivity contribution is 6.37. The van der Waals surface area contributed by atoms with Gasteiger partial charge in [-0.05, 0) is 41.8 Å². The predicted octanol–water partition coefficient (Wildman–Crippen LogP) is 3.60. The molecule has 1 fully saturated rings. The number of anilines is 1. The summed E-state index contributed by atoms with van der Waals surface area (Å²) in [5, 5.41) is 4.28. The number of hydrazine groups is 1. The molecule has 3 amide bonds. The molecule has 1 aliphatic heterocycles. The summed E-state index contributed by atoms with van der Waals surface area (Å²) in [5.41, 5.74) is 9.86. The van der Waals surface area contributed by atoms with Crippen LogP contribution in [0.4, 0.5) is 10.5 Å². The molecule has 0 bridgehead atoms. The van der Waals surface area contributed by atoms with E-state index in [9.17, 15) is 14.4 Å². The number of H-pyrrole nitrogens is 1. The van der Waals surface area contributed by atoms with Crippen molar-refractivity contribution in [1.82, 2.24) is 15.7 Å². The number of hydrogen-bond acceptors (Lipinski definition) is 6. The maximum absolute atomic E-state index is 12.1. The van der Waals surface area contributed by atoms with Gasteiger partial charge in [-0.1, -0.05) is 37.0 Å². The SMILES string of the molecule is CC(C)c1cc(=O)[nH]c2ccc(Oc3c(Cl)cc(N4NC(N)C(=O)NC4=O)cc3Cl)cc12. The maximum Gasteiger partial charge on any atom is 0.343 e. The summed E-state index contributed by atoms with van der Waals surface area (Å²) in [7, 11) is 0. The van der Waals surface area contributed by atoms with Gasteiger partial charge in [0.1, 0.15) is 5.75 Å². The Morgan fingerprint density at radius 1 is 1.06 bits per heavy atom. The lowest BCUT2D eigenvalue weighted by molar-refractivity contribution is -0.122. The van der Waals surface area contributed by atoms with Crippen molar-refractivity contribution < 1.29 is 14.3 Å². The van der Waals surface area contributed by atoms with Gasteiger partial charge >= 0.3 is 6.03 Å². The van der Waals surface area contributed by atoms with Crippen LogP contribution in [0.25, 0.3) is 10.9 Å². The van der Waals surface area contributed by atoms with Crippen LogP contribution in [0.3, 0.4) is 0 Å². The first-order valence-corrected chi connectivity index (χ1v) is 10.4. The van der Waals surface area contributed by atoms with Crippen LogP contribution in [0.2, 0.25) is 10.0 Å².